The first-order valence-electron chi connectivity index (χ1n) is 15.6. The Balaban J connectivity index is 1.41. The lowest BCUT2D eigenvalue weighted by molar-refractivity contribution is -0.214. The van der Waals surface area contributed by atoms with Crippen LogP contribution in [0.4, 0.5) is 0 Å². The van der Waals surface area contributed by atoms with Crippen LogP contribution < -0.4 is 5.73 Å². The maximum atomic E-state index is 14.4. The molecule has 6 saturated carbocycles. The number of nitrogens with zero attached hydrogens (tertiary/aromatic N) is 1. The standard InChI is InChI=1S/C33H38N2O9/c1-13-17-5-4-6-18(36)20(17)25(37)21-19(13)27(44-31(42)32-10-14-7-15(11-32)9-16(8-14)12-32)23-24(35(2)3)26(38)22(30(34)41)29(40)33(23,43)28(21)39/h4-6,13-16,19,21-24,27,36,43H,7-12H2,1-3H3,(H2,34,41). The highest BCUT2D eigenvalue weighted by molar-refractivity contribution is 6.32. The first-order valence-corrected chi connectivity index (χ1v) is 15.6. The van der Waals surface area contributed by atoms with Gasteiger partial charge in [-0.1, -0.05) is 19.1 Å². The first-order chi connectivity index (χ1) is 20.7. The number of nitrogens with two attached hydrogens (primary N) is 1. The molecular formula is C33H38N2O9. The van der Waals surface area contributed by atoms with Crippen molar-refractivity contribution in [2.75, 3.05) is 14.1 Å². The number of esters is 1. The number of likely N-dealkylation sites (N-methyl/N-ethyl adjacent to an activating group) is 1. The molecular weight excluding hydrogens is 568 g/mol. The number of hydrogen-bond acceptors (Lipinski definition) is 10. The van der Waals surface area contributed by atoms with Crippen LogP contribution in [0.1, 0.15) is 67.3 Å². The Morgan fingerprint density at radius 2 is 1.57 bits per heavy atom. The molecule has 8 atom stereocenters. The maximum absolute atomic E-state index is 14.4. The molecule has 0 aliphatic heterocycles. The zero-order valence-electron chi connectivity index (χ0n) is 25.0. The van der Waals surface area contributed by atoms with E-state index in [-0.39, 0.29) is 11.3 Å². The van der Waals surface area contributed by atoms with E-state index in [1.807, 2.05) is 0 Å². The van der Waals surface area contributed by atoms with Gasteiger partial charge in [-0.2, -0.15) is 0 Å². The number of rotatable bonds is 4. The largest absolute Gasteiger partial charge is 0.507 e. The van der Waals surface area contributed by atoms with Gasteiger partial charge in [0.05, 0.1) is 28.9 Å². The molecule has 0 aromatic heterocycles. The summed E-state index contributed by atoms with van der Waals surface area (Å²) in [7, 11) is 3.02. The van der Waals surface area contributed by atoms with Crippen LogP contribution in [0.25, 0.3) is 0 Å². The third kappa shape index (κ3) is 3.68. The van der Waals surface area contributed by atoms with Gasteiger partial charge in [0.2, 0.25) is 5.91 Å². The van der Waals surface area contributed by atoms with Crippen molar-refractivity contribution in [3.8, 4) is 5.75 Å². The van der Waals surface area contributed by atoms with E-state index in [4.69, 9.17) is 10.5 Å². The van der Waals surface area contributed by atoms with Gasteiger partial charge in [0.15, 0.2) is 34.7 Å². The minimum absolute atomic E-state index is 0.0993. The Morgan fingerprint density at radius 1 is 0.977 bits per heavy atom. The molecule has 0 radical (unpaired) electrons. The highest BCUT2D eigenvalue weighted by Crippen LogP contribution is 2.62. The number of aliphatic hydroxyl groups is 1. The number of phenols is 1. The molecule has 7 aliphatic carbocycles. The molecule has 44 heavy (non-hydrogen) atoms. The van der Waals surface area contributed by atoms with Gasteiger partial charge in [-0.25, -0.2) is 0 Å². The lowest BCUT2D eigenvalue weighted by Crippen LogP contribution is -2.78. The van der Waals surface area contributed by atoms with Crippen molar-refractivity contribution in [2.45, 2.75) is 69.1 Å². The Bertz CT molecular complexity index is 1500. The van der Waals surface area contributed by atoms with Gasteiger partial charge in [-0.3, -0.25) is 33.7 Å². The van der Waals surface area contributed by atoms with E-state index in [1.165, 1.54) is 25.1 Å². The third-order valence-corrected chi connectivity index (χ3v) is 12.0. The fourth-order valence-electron chi connectivity index (χ4n) is 10.7. The molecule has 0 spiro atoms. The normalized spacial score (nSPS) is 43.8. The molecule has 0 saturated heterocycles. The number of fused-ring (bicyclic) bond motifs is 3. The molecule has 4 bridgehead atoms. The number of ketones is 4. The number of aromatic hydroxyl groups is 1. The van der Waals surface area contributed by atoms with Crippen molar-refractivity contribution in [2.24, 2.45) is 52.6 Å². The summed E-state index contributed by atoms with van der Waals surface area (Å²) in [6.07, 6.45) is 3.80. The second kappa shape index (κ2) is 9.53. The monoisotopic (exact) mass is 606 g/mol. The second-order valence-corrected chi connectivity index (χ2v) is 14.7. The minimum Gasteiger partial charge on any atom is -0.507 e. The first kappa shape index (κ1) is 29.3. The van der Waals surface area contributed by atoms with Crippen molar-refractivity contribution in [1.82, 2.24) is 4.90 Å². The van der Waals surface area contributed by atoms with Crippen LogP contribution in [0.2, 0.25) is 0 Å². The average molecular weight is 607 g/mol. The number of ether oxygens (including phenoxy) is 1. The van der Waals surface area contributed by atoms with E-state index in [2.05, 4.69) is 0 Å². The van der Waals surface area contributed by atoms with E-state index in [0.29, 0.717) is 42.6 Å². The topological polar surface area (TPSA) is 181 Å². The maximum Gasteiger partial charge on any atom is 0.312 e. The van der Waals surface area contributed by atoms with E-state index < -0.39 is 87.8 Å². The number of amides is 1. The lowest BCUT2D eigenvalue weighted by Gasteiger charge is -2.58. The molecule has 4 N–H and O–H groups in total. The molecule has 6 fully saturated rings. The predicted octanol–water partition coefficient (Wildman–Crippen LogP) is 1.17. The summed E-state index contributed by atoms with van der Waals surface area (Å²) in [5, 5.41) is 23.0. The van der Waals surface area contributed by atoms with E-state index in [9.17, 15) is 39.0 Å². The summed E-state index contributed by atoms with van der Waals surface area (Å²) >= 11 is 0. The summed E-state index contributed by atoms with van der Waals surface area (Å²) in [5.74, 6) is -12.3. The fourth-order valence-corrected chi connectivity index (χ4v) is 10.7. The van der Waals surface area contributed by atoms with Gasteiger partial charge < -0.3 is 20.7 Å². The molecule has 8 rings (SSSR count). The quantitative estimate of drug-likeness (QED) is 0.332. The van der Waals surface area contributed by atoms with Crippen LogP contribution in [0.5, 0.6) is 5.75 Å². The SMILES string of the molecule is CC1c2cccc(O)c2C(=O)C2C(=O)C3(O)C(=O)C(C(N)=O)C(=O)C(N(C)C)C3C(OC(=O)C34CC5CC(CC(C5)C3)C4)C21. The van der Waals surface area contributed by atoms with Crippen molar-refractivity contribution < 1.29 is 43.7 Å². The zero-order chi connectivity index (χ0) is 31.6. The lowest BCUT2D eigenvalue weighted by atomic mass is 9.48. The number of primary amides is 1. The summed E-state index contributed by atoms with van der Waals surface area (Å²) in [4.78, 5) is 84.5. The number of carbonyl (C=O) groups excluding carboxylic acids is 6. The average Bonchev–Trinajstić information content (AvgIpc) is 2.93. The van der Waals surface area contributed by atoms with Crippen LogP contribution in [-0.4, -0.2) is 82.0 Å². The summed E-state index contributed by atoms with van der Waals surface area (Å²) < 4.78 is 6.45. The van der Waals surface area contributed by atoms with Crippen molar-refractivity contribution >= 4 is 35.0 Å². The number of phenolic OH excluding ortho intramolecular Hbond substituents is 1. The van der Waals surface area contributed by atoms with Crippen molar-refractivity contribution in [3.63, 3.8) is 0 Å². The highest BCUT2D eigenvalue weighted by Gasteiger charge is 2.74. The highest BCUT2D eigenvalue weighted by atomic mass is 16.5. The number of benzene rings is 1. The third-order valence-electron chi connectivity index (χ3n) is 12.0. The summed E-state index contributed by atoms with van der Waals surface area (Å²) in [6, 6.07) is 3.14. The number of carbonyl (C=O) groups is 6. The Labute approximate surface area is 254 Å². The molecule has 11 nitrogen and oxygen atoms in total. The minimum atomic E-state index is -3.02. The van der Waals surface area contributed by atoms with E-state index in [0.717, 1.165) is 19.3 Å². The van der Waals surface area contributed by atoms with Crippen LogP contribution in [0, 0.1) is 46.8 Å². The predicted molar refractivity (Wildman–Crippen MR) is 152 cm³/mol. The fraction of sp³-hybridized carbons (Fsp3) is 0.636. The van der Waals surface area contributed by atoms with Gasteiger partial charge in [0, 0.05) is 5.92 Å². The van der Waals surface area contributed by atoms with Crippen LogP contribution in [-0.2, 0) is 28.7 Å². The molecule has 1 aromatic carbocycles. The summed E-state index contributed by atoms with van der Waals surface area (Å²) in [6.45, 7) is 1.74. The Hall–Kier alpha value is -3.44. The molecule has 1 aromatic rings. The molecule has 234 valence electrons. The zero-order valence-corrected chi connectivity index (χ0v) is 25.0. The molecule has 7 aliphatic rings. The van der Waals surface area contributed by atoms with Gasteiger partial charge >= 0.3 is 5.97 Å². The molecule has 11 heteroatoms. The smallest absolute Gasteiger partial charge is 0.312 e. The molecule has 8 unspecified atom stereocenters. The van der Waals surface area contributed by atoms with Gasteiger partial charge in [-0.15, -0.1) is 0 Å². The van der Waals surface area contributed by atoms with Gasteiger partial charge in [-0.05, 0) is 87.9 Å². The van der Waals surface area contributed by atoms with Crippen LogP contribution in [0.15, 0.2) is 18.2 Å². The second-order valence-electron chi connectivity index (χ2n) is 14.7. The molecule has 0 heterocycles. The van der Waals surface area contributed by atoms with Crippen LogP contribution >= 0.6 is 0 Å². The van der Waals surface area contributed by atoms with E-state index >= 15 is 0 Å². The summed E-state index contributed by atoms with van der Waals surface area (Å²) in [5.41, 5.74) is 2.04. The van der Waals surface area contributed by atoms with Gasteiger partial charge in [0.25, 0.3) is 0 Å². The Kier molecular flexibility index (Phi) is 6.34. The van der Waals surface area contributed by atoms with Gasteiger partial charge in [0.1, 0.15) is 11.9 Å². The van der Waals surface area contributed by atoms with Crippen molar-refractivity contribution in [3.05, 3.63) is 29.3 Å². The van der Waals surface area contributed by atoms with Crippen molar-refractivity contribution in [1.29, 1.82) is 0 Å². The van der Waals surface area contributed by atoms with Crippen LogP contribution in [0.3, 0.4) is 0 Å². The molecule has 1 amide bonds. The Morgan fingerprint density at radius 3 is 2.11 bits per heavy atom. The van der Waals surface area contributed by atoms with E-state index in [1.54, 1.807) is 19.1 Å². The number of hydrogen-bond donors (Lipinski definition) is 3. The number of Topliss-reactive ketones (excluding diaryl/α,β-unsaturated/α-hetero) is 4.